The quantitative estimate of drug-likeness (QED) is 0.0261. The standard InChI is InChI=1S/C68H116O6/c1-4-7-10-13-16-19-22-24-26-27-28-29-30-31-32-33-34-35-36-37-38-39-40-41-43-44-46-49-52-55-58-61-67(70)73-64-65(63-72-66(69)60-57-54-51-48-21-18-15-12-9-6-3)74-68(71)62-59-56-53-50-47-45-42-25-23-20-17-14-11-8-5-2/h7-8,10-11,16-17,19-20,24-26,28-29,31-32,42,65H,4-6,9,12-15,18,21-23,27,30,33-41,43-64H2,1-3H3/b10-7-,11-8-,19-16-,20-17-,26-24-,29-28-,32-31-,42-25-. The van der Waals surface area contributed by atoms with E-state index in [0.29, 0.717) is 19.3 Å². The van der Waals surface area contributed by atoms with Crippen LogP contribution in [0.5, 0.6) is 0 Å². The van der Waals surface area contributed by atoms with Crippen LogP contribution in [0.15, 0.2) is 97.2 Å². The Morgan fingerprint density at radius 2 is 0.527 bits per heavy atom. The number of hydrogen-bond donors (Lipinski definition) is 0. The lowest BCUT2D eigenvalue weighted by Gasteiger charge is -2.18. The van der Waals surface area contributed by atoms with Crippen LogP contribution in [0, 0.1) is 0 Å². The maximum Gasteiger partial charge on any atom is 0.306 e. The molecule has 0 aromatic carbocycles. The van der Waals surface area contributed by atoms with Gasteiger partial charge < -0.3 is 14.2 Å². The number of rotatable bonds is 56. The fraction of sp³-hybridized carbons (Fsp3) is 0.721. The molecule has 1 atom stereocenters. The van der Waals surface area contributed by atoms with Crippen LogP contribution in [0.4, 0.5) is 0 Å². The molecule has 0 heterocycles. The highest BCUT2D eigenvalue weighted by atomic mass is 16.6. The maximum absolute atomic E-state index is 12.8. The maximum atomic E-state index is 12.8. The molecule has 6 heteroatoms. The third kappa shape index (κ3) is 59.2. The van der Waals surface area contributed by atoms with Crippen molar-refractivity contribution in [2.45, 2.75) is 303 Å². The first-order valence-electron chi connectivity index (χ1n) is 31.2. The molecule has 0 amide bonds. The largest absolute Gasteiger partial charge is 0.462 e. The van der Waals surface area contributed by atoms with E-state index in [4.69, 9.17) is 14.2 Å². The average molecular weight is 1030 g/mol. The van der Waals surface area contributed by atoms with Crippen molar-refractivity contribution in [1.29, 1.82) is 0 Å². The van der Waals surface area contributed by atoms with Gasteiger partial charge in [-0.3, -0.25) is 14.4 Å². The van der Waals surface area contributed by atoms with Gasteiger partial charge in [-0.1, -0.05) is 279 Å². The lowest BCUT2D eigenvalue weighted by molar-refractivity contribution is -0.167. The van der Waals surface area contributed by atoms with Crippen molar-refractivity contribution in [3.05, 3.63) is 97.2 Å². The first kappa shape index (κ1) is 70.3. The normalized spacial score (nSPS) is 12.7. The smallest absolute Gasteiger partial charge is 0.306 e. The average Bonchev–Trinajstić information content (AvgIpc) is 3.40. The van der Waals surface area contributed by atoms with Crippen molar-refractivity contribution >= 4 is 17.9 Å². The summed E-state index contributed by atoms with van der Waals surface area (Å²) in [5.74, 6) is -0.892. The number of hydrogen-bond acceptors (Lipinski definition) is 6. The van der Waals surface area contributed by atoms with Gasteiger partial charge in [0, 0.05) is 19.3 Å². The monoisotopic (exact) mass is 1030 g/mol. The number of esters is 3. The zero-order chi connectivity index (χ0) is 53.6. The van der Waals surface area contributed by atoms with Crippen molar-refractivity contribution in [1.82, 2.24) is 0 Å². The molecular weight excluding hydrogens is 913 g/mol. The molecule has 0 aromatic rings. The van der Waals surface area contributed by atoms with Crippen molar-refractivity contribution in [3.63, 3.8) is 0 Å². The van der Waals surface area contributed by atoms with Crippen LogP contribution in [0.1, 0.15) is 297 Å². The predicted octanol–water partition coefficient (Wildman–Crippen LogP) is 21.3. The van der Waals surface area contributed by atoms with E-state index < -0.39 is 6.10 Å². The Morgan fingerprint density at radius 3 is 0.824 bits per heavy atom. The highest BCUT2D eigenvalue weighted by Gasteiger charge is 2.19. The lowest BCUT2D eigenvalue weighted by atomic mass is 10.0. The van der Waals surface area contributed by atoms with Crippen LogP contribution < -0.4 is 0 Å². The molecule has 0 N–H and O–H groups in total. The minimum absolute atomic E-state index is 0.0811. The number of carbonyl (C=O) groups excluding carboxylic acids is 3. The van der Waals surface area contributed by atoms with Gasteiger partial charge in [0.05, 0.1) is 0 Å². The Labute approximate surface area is 457 Å². The van der Waals surface area contributed by atoms with Gasteiger partial charge in [0.25, 0.3) is 0 Å². The Balaban J connectivity index is 4.15. The van der Waals surface area contributed by atoms with E-state index in [1.807, 2.05) is 0 Å². The summed E-state index contributed by atoms with van der Waals surface area (Å²) < 4.78 is 16.9. The van der Waals surface area contributed by atoms with Gasteiger partial charge in [-0.05, 0) is 96.3 Å². The fourth-order valence-electron chi connectivity index (χ4n) is 8.72. The van der Waals surface area contributed by atoms with Crippen LogP contribution >= 0.6 is 0 Å². The Kier molecular flexibility index (Phi) is 58.8. The number of ether oxygens (including phenoxy) is 3. The van der Waals surface area contributed by atoms with Gasteiger partial charge in [0.15, 0.2) is 6.10 Å². The molecule has 6 nitrogen and oxygen atoms in total. The molecule has 0 aliphatic heterocycles. The molecule has 0 aliphatic rings. The van der Waals surface area contributed by atoms with Gasteiger partial charge in [-0.15, -0.1) is 0 Å². The van der Waals surface area contributed by atoms with E-state index in [0.717, 1.165) is 128 Å². The van der Waals surface area contributed by atoms with Gasteiger partial charge in [0.2, 0.25) is 0 Å². The molecule has 0 saturated heterocycles. The summed E-state index contributed by atoms with van der Waals surface area (Å²) in [5, 5.41) is 0. The first-order chi connectivity index (χ1) is 36.5. The summed E-state index contributed by atoms with van der Waals surface area (Å²) in [6.07, 6.45) is 82.8. The van der Waals surface area contributed by atoms with Crippen molar-refractivity contribution in [2.24, 2.45) is 0 Å². The molecular formula is C68H116O6. The summed E-state index contributed by atoms with van der Waals surface area (Å²) >= 11 is 0. The molecule has 0 fully saturated rings. The molecule has 0 aliphatic carbocycles. The Hall–Kier alpha value is -3.67. The van der Waals surface area contributed by atoms with E-state index in [-0.39, 0.29) is 31.1 Å². The highest BCUT2D eigenvalue weighted by molar-refractivity contribution is 5.71. The lowest BCUT2D eigenvalue weighted by Crippen LogP contribution is -2.30. The molecule has 0 rings (SSSR count). The van der Waals surface area contributed by atoms with E-state index >= 15 is 0 Å². The van der Waals surface area contributed by atoms with Crippen LogP contribution in [0.25, 0.3) is 0 Å². The SMILES string of the molecule is CC/C=C\C/C=C\C/C=C\C/C=C\C/C=C\CCCCCCCCCCCCCCCCCC(=O)OCC(COC(=O)CCCCCCCCCCCC)OC(=O)CCCCCCC/C=C\C/C=C\C/C=C\CC. The van der Waals surface area contributed by atoms with Gasteiger partial charge >= 0.3 is 17.9 Å². The summed E-state index contributed by atoms with van der Waals surface area (Å²) in [4.78, 5) is 38.1. The van der Waals surface area contributed by atoms with E-state index in [9.17, 15) is 14.4 Å². The third-order valence-electron chi connectivity index (χ3n) is 13.3. The molecule has 0 saturated carbocycles. The zero-order valence-electron chi connectivity index (χ0n) is 48.6. The van der Waals surface area contributed by atoms with Crippen molar-refractivity contribution < 1.29 is 28.6 Å². The minimum Gasteiger partial charge on any atom is -0.462 e. The zero-order valence-corrected chi connectivity index (χ0v) is 48.6. The Morgan fingerprint density at radius 1 is 0.284 bits per heavy atom. The molecule has 0 bridgehead atoms. The van der Waals surface area contributed by atoms with Crippen LogP contribution in [0.3, 0.4) is 0 Å². The van der Waals surface area contributed by atoms with Crippen LogP contribution in [-0.2, 0) is 28.6 Å². The first-order valence-corrected chi connectivity index (χ1v) is 31.2. The Bertz CT molecular complexity index is 1460. The van der Waals surface area contributed by atoms with E-state index in [1.54, 1.807) is 0 Å². The minimum atomic E-state index is -0.784. The van der Waals surface area contributed by atoms with Gasteiger partial charge in [0.1, 0.15) is 13.2 Å². The molecule has 1 unspecified atom stereocenters. The van der Waals surface area contributed by atoms with Crippen LogP contribution in [-0.4, -0.2) is 37.2 Å². The topological polar surface area (TPSA) is 78.9 Å². The fourth-order valence-corrected chi connectivity index (χ4v) is 8.72. The van der Waals surface area contributed by atoms with E-state index in [1.165, 1.54) is 128 Å². The number of unbranched alkanes of at least 4 members (excludes halogenated alkanes) is 29. The summed E-state index contributed by atoms with van der Waals surface area (Å²) in [6, 6.07) is 0. The third-order valence-corrected chi connectivity index (χ3v) is 13.3. The predicted molar refractivity (Wildman–Crippen MR) is 320 cm³/mol. The van der Waals surface area contributed by atoms with Gasteiger partial charge in [-0.2, -0.15) is 0 Å². The van der Waals surface area contributed by atoms with E-state index in [2.05, 4.69) is 118 Å². The molecule has 0 aromatic heterocycles. The second-order valence-electron chi connectivity index (χ2n) is 20.6. The number of carbonyl (C=O) groups is 3. The highest BCUT2D eigenvalue weighted by Crippen LogP contribution is 2.16. The molecule has 74 heavy (non-hydrogen) atoms. The summed E-state index contributed by atoms with van der Waals surface area (Å²) in [6.45, 7) is 6.40. The summed E-state index contributed by atoms with van der Waals surface area (Å²) in [5.41, 5.74) is 0. The molecule has 0 spiro atoms. The second kappa shape index (κ2) is 61.9. The van der Waals surface area contributed by atoms with Gasteiger partial charge in [-0.25, -0.2) is 0 Å². The van der Waals surface area contributed by atoms with Crippen LogP contribution in [0.2, 0.25) is 0 Å². The van der Waals surface area contributed by atoms with Crippen molar-refractivity contribution in [2.75, 3.05) is 13.2 Å². The second-order valence-corrected chi connectivity index (χ2v) is 20.6. The molecule has 0 radical (unpaired) electrons. The summed E-state index contributed by atoms with van der Waals surface area (Å²) in [7, 11) is 0. The van der Waals surface area contributed by atoms with Crippen molar-refractivity contribution in [3.8, 4) is 0 Å². The number of allylic oxidation sites excluding steroid dienone is 16. The molecule has 424 valence electrons.